The molecule has 1 aromatic heterocycles. The lowest BCUT2D eigenvalue weighted by Gasteiger charge is -2.50. The molecular formula is C19H24N2O5S. The van der Waals surface area contributed by atoms with Crippen LogP contribution in [0.4, 0.5) is 0 Å². The van der Waals surface area contributed by atoms with Crippen molar-refractivity contribution in [1.29, 1.82) is 0 Å². The van der Waals surface area contributed by atoms with Crippen LogP contribution in [0, 0.1) is 11.8 Å². The van der Waals surface area contributed by atoms with E-state index in [1.165, 1.54) is 6.42 Å². The summed E-state index contributed by atoms with van der Waals surface area (Å²) in [6.45, 7) is 6.11. The van der Waals surface area contributed by atoms with Gasteiger partial charge in [0.15, 0.2) is 0 Å². The van der Waals surface area contributed by atoms with Crippen LogP contribution in [0.1, 0.15) is 24.5 Å². The maximum absolute atomic E-state index is 11.0. The molecule has 2 aromatic rings. The molecular weight excluding hydrogens is 368 g/mol. The molecule has 5 rings (SSSR count). The number of pyridine rings is 1. The molecule has 2 bridgehead atoms. The van der Waals surface area contributed by atoms with Gasteiger partial charge in [-0.2, -0.15) is 8.42 Å². The predicted molar refractivity (Wildman–Crippen MR) is 103 cm³/mol. The van der Waals surface area contributed by atoms with Crippen molar-refractivity contribution in [3.05, 3.63) is 54.7 Å². The van der Waals surface area contributed by atoms with Crippen LogP contribution < -0.4 is 0 Å². The highest BCUT2D eigenvalue weighted by atomic mass is 32.3. The Hall–Kier alpha value is -1.84. The molecule has 3 N–H and O–H groups in total. The van der Waals surface area contributed by atoms with Gasteiger partial charge < -0.3 is 5.11 Å². The average molecular weight is 392 g/mol. The average Bonchev–Trinajstić information content (AvgIpc) is 2.66. The second-order valence-electron chi connectivity index (χ2n) is 7.06. The minimum absolute atomic E-state index is 0.223. The zero-order valence-electron chi connectivity index (χ0n) is 14.8. The molecule has 3 fully saturated rings. The van der Waals surface area contributed by atoms with Crippen LogP contribution in [0.2, 0.25) is 0 Å². The Bertz CT molecular complexity index is 904. The Morgan fingerprint density at radius 1 is 1.26 bits per heavy atom. The number of rotatable bonds is 3. The third kappa shape index (κ3) is 4.72. The second-order valence-corrected chi connectivity index (χ2v) is 7.95. The Balaban J connectivity index is 0.000000376. The fourth-order valence-electron chi connectivity index (χ4n) is 4.29. The van der Waals surface area contributed by atoms with Gasteiger partial charge >= 0.3 is 10.4 Å². The monoisotopic (exact) mass is 392 g/mol. The smallest absolute Gasteiger partial charge is 0.387 e. The SMILES string of the molecule is C=C[C@H]1CN2CC[C@H]1C[C@@H]2[C@@H](O)c1ccnc2ccccc12.O=S(=O)(O)O. The third-order valence-electron chi connectivity index (χ3n) is 5.52. The van der Waals surface area contributed by atoms with Crippen LogP contribution in [0.5, 0.6) is 0 Å². The Morgan fingerprint density at radius 2 is 1.96 bits per heavy atom. The summed E-state index contributed by atoms with van der Waals surface area (Å²) in [6, 6.07) is 10.3. The first-order valence-corrected chi connectivity index (χ1v) is 10.3. The topological polar surface area (TPSA) is 111 Å². The van der Waals surface area contributed by atoms with Crippen molar-refractivity contribution < 1.29 is 22.6 Å². The molecule has 1 unspecified atom stereocenters. The van der Waals surface area contributed by atoms with Crippen molar-refractivity contribution in [2.75, 3.05) is 13.1 Å². The molecule has 3 aliphatic rings. The van der Waals surface area contributed by atoms with E-state index in [1.54, 1.807) is 0 Å². The maximum atomic E-state index is 11.0. The van der Waals surface area contributed by atoms with E-state index in [0.717, 1.165) is 36.0 Å². The van der Waals surface area contributed by atoms with Crippen LogP contribution in [-0.4, -0.2) is 51.6 Å². The molecule has 4 heterocycles. The van der Waals surface area contributed by atoms with Crippen molar-refractivity contribution in [1.82, 2.24) is 9.88 Å². The van der Waals surface area contributed by atoms with Gasteiger partial charge in [-0.1, -0.05) is 24.3 Å². The zero-order valence-corrected chi connectivity index (χ0v) is 15.7. The summed E-state index contributed by atoms with van der Waals surface area (Å²) in [7, 11) is -4.67. The Morgan fingerprint density at radius 3 is 2.59 bits per heavy atom. The zero-order chi connectivity index (χ0) is 19.6. The lowest BCUT2D eigenvalue weighted by molar-refractivity contribution is -0.0444. The molecule has 146 valence electrons. The van der Waals surface area contributed by atoms with Gasteiger partial charge in [-0.05, 0) is 48.9 Å². The van der Waals surface area contributed by atoms with Crippen LogP contribution in [-0.2, 0) is 10.4 Å². The van der Waals surface area contributed by atoms with E-state index >= 15 is 0 Å². The number of piperidine rings is 3. The number of aliphatic hydroxyl groups excluding tert-OH is 1. The number of aromatic nitrogens is 1. The molecule has 0 aliphatic carbocycles. The summed E-state index contributed by atoms with van der Waals surface area (Å²) < 4.78 is 31.6. The van der Waals surface area contributed by atoms with Gasteiger partial charge in [-0.3, -0.25) is 19.0 Å². The van der Waals surface area contributed by atoms with Crippen LogP contribution in [0.3, 0.4) is 0 Å². The molecule has 0 spiro atoms. The number of aliphatic hydroxyl groups is 1. The predicted octanol–water partition coefficient (Wildman–Crippen LogP) is 2.51. The first-order chi connectivity index (χ1) is 12.8. The number of nitrogens with zero attached hydrogens (tertiary/aromatic N) is 2. The van der Waals surface area contributed by atoms with E-state index in [0.29, 0.717) is 11.8 Å². The minimum Gasteiger partial charge on any atom is -0.387 e. The third-order valence-corrected chi connectivity index (χ3v) is 5.52. The first kappa shape index (κ1) is 19.9. The van der Waals surface area contributed by atoms with Gasteiger partial charge in [0.05, 0.1) is 11.6 Å². The molecule has 8 heteroatoms. The molecule has 3 aliphatic heterocycles. The van der Waals surface area contributed by atoms with Gasteiger partial charge in [-0.15, -0.1) is 6.58 Å². The van der Waals surface area contributed by atoms with E-state index in [1.807, 2.05) is 30.5 Å². The van der Waals surface area contributed by atoms with Crippen LogP contribution >= 0.6 is 0 Å². The van der Waals surface area contributed by atoms with E-state index < -0.39 is 16.5 Å². The number of fused-ring (bicyclic) bond motifs is 4. The van der Waals surface area contributed by atoms with Gasteiger partial charge in [0.2, 0.25) is 0 Å². The Kier molecular flexibility index (Phi) is 5.92. The van der Waals surface area contributed by atoms with Crippen LogP contribution in [0.25, 0.3) is 10.9 Å². The molecule has 5 atom stereocenters. The number of para-hydroxylation sites is 1. The fourth-order valence-corrected chi connectivity index (χ4v) is 4.29. The van der Waals surface area contributed by atoms with Crippen LogP contribution in [0.15, 0.2) is 49.2 Å². The maximum Gasteiger partial charge on any atom is 0.394 e. The molecule has 27 heavy (non-hydrogen) atoms. The standard InChI is InChI=1S/C19H22N2O.H2O4S/c1-2-13-12-21-10-8-14(13)11-18(21)19(22)16-7-9-20-17-6-4-3-5-15(16)17;1-5(2,3)4/h2-7,9,13-14,18-19,22H,1,8,10-12H2;(H2,1,2,3,4)/t13-,14-,18+,19-;/m0./s1. The highest BCUT2D eigenvalue weighted by Crippen LogP contribution is 2.41. The molecule has 3 saturated heterocycles. The van der Waals surface area contributed by atoms with E-state index in [2.05, 4.69) is 28.6 Å². The highest BCUT2D eigenvalue weighted by Gasteiger charge is 2.42. The van der Waals surface area contributed by atoms with Crippen molar-refractivity contribution in [3.8, 4) is 0 Å². The van der Waals surface area contributed by atoms with Crippen molar-refractivity contribution in [3.63, 3.8) is 0 Å². The summed E-state index contributed by atoms with van der Waals surface area (Å²) in [6.07, 6.45) is 5.76. The van der Waals surface area contributed by atoms with Crippen molar-refractivity contribution in [2.24, 2.45) is 11.8 Å². The van der Waals surface area contributed by atoms with Crippen molar-refractivity contribution >= 4 is 21.3 Å². The van der Waals surface area contributed by atoms with Gasteiger partial charge in [-0.25, -0.2) is 0 Å². The molecule has 0 radical (unpaired) electrons. The summed E-state index contributed by atoms with van der Waals surface area (Å²) in [5.74, 6) is 1.27. The van der Waals surface area contributed by atoms with E-state index in [-0.39, 0.29) is 6.04 Å². The number of benzene rings is 1. The minimum atomic E-state index is -4.67. The summed E-state index contributed by atoms with van der Waals surface area (Å²) in [5.41, 5.74) is 1.97. The summed E-state index contributed by atoms with van der Waals surface area (Å²) in [4.78, 5) is 6.86. The lowest BCUT2D eigenvalue weighted by atomic mass is 9.73. The molecule has 0 saturated carbocycles. The summed E-state index contributed by atoms with van der Waals surface area (Å²) in [5, 5.41) is 12.1. The first-order valence-electron chi connectivity index (χ1n) is 8.86. The normalized spacial score (nSPS) is 28.3. The van der Waals surface area contributed by atoms with Gasteiger partial charge in [0, 0.05) is 24.2 Å². The largest absolute Gasteiger partial charge is 0.394 e. The van der Waals surface area contributed by atoms with Crippen molar-refractivity contribution in [2.45, 2.75) is 25.0 Å². The van der Waals surface area contributed by atoms with E-state index in [9.17, 15) is 5.11 Å². The van der Waals surface area contributed by atoms with E-state index in [4.69, 9.17) is 17.5 Å². The van der Waals surface area contributed by atoms with Gasteiger partial charge in [0.1, 0.15) is 0 Å². The quantitative estimate of drug-likeness (QED) is 0.544. The second kappa shape index (κ2) is 8.04. The number of hydrogen-bond donors (Lipinski definition) is 3. The summed E-state index contributed by atoms with van der Waals surface area (Å²) >= 11 is 0. The molecule has 0 amide bonds. The molecule has 1 aromatic carbocycles. The highest BCUT2D eigenvalue weighted by molar-refractivity contribution is 7.79. The molecule has 7 nitrogen and oxygen atoms in total. The lowest BCUT2D eigenvalue weighted by Crippen LogP contribution is -2.54. The number of hydrogen-bond acceptors (Lipinski definition) is 5. The fraction of sp³-hybridized carbons (Fsp3) is 0.421. The van der Waals surface area contributed by atoms with Gasteiger partial charge in [0.25, 0.3) is 0 Å². The Labute approximate surface area is 158 Å².